The second-order valence-corrected chi connectivity index (χ2v) is 2.33. The first-order valence-electron chi connectivity index (χ1n) is 3.71. The van der Waals surface area contributed by atoms with E-state index >= 15 is 0 Å². The lowest BCUT2D eigenvalue weighted by Gasteiger charge is -1.96. The third kappa shape index (κ3) is 1.15. The zero-order valence-corrected chi connectivity index (χ0v) is 6.72. The highest BCUT2D eigenvalue weighted by atomic mass is 16.3. The van der Waals surface area contributed by atoms with Crippen LogP contribution < -0.4 is 5.69 Å². The number of imidazole rings is 1. The molecule has 0 fully saturated rings. The summed E-state index contributed by atoms with van der Waals surface area (Å²) in [5.41, 5.74) is 0.374. The van der Waals surface area contributed by atoms with Crippen LogP contribution in [0.3, 0.4) is 0 Å². The standard InChI is InChI=1S/C7H12N2O2/c1-3-5-6(10)9(4-2)7(11)8-5/h10H,3-4H2,1-2H3,(H,8,11). The van der Waals surface area contributed by atoms with Gasteiger partial charge in [0.2, 0.25) is 5.88 Å². The van der Waals surface area contributed by atoms with Crippen molar-refractivity contribution < 1.29 is 5.11 Å². The van der Waals surface area contributed by atoms with E-state index in [1.165, 1.54) is 4.57 Å². The molecule has 4 heteroatoms. The topological polar surface area (TPSA) is 58.0 Å². The summed E-state index contributed by atoms with van der Waals surface area (Å²) in [5.74, 6) is 0.0694. The average molecular weight is 156 g/mol. The molecule has 0 saturated carbocycles. The van der Waals surface area contributed by atoms with Crippen LogP contribution in [0.4, 0.5) is 0 Å². The molecule has 0 bridgehead atoms. The van der Waals surface area contributed by atoms with Crippen molar-refractivity contribution in [2.45, 2.75) is 26.8 Å². The van der Waals surface area contributed by atoms with Gasteiger partial charge in [-0.2, -0.15) is 0 Å². The second-order valence-electron chi connectivity index (χ2n) is 2.33. The number of rotatable bonds is 2. The summed E-state index contributed by atoms with van der Waals surface area (Å²) in [6, 6.07) is 0. The van der Waals surface area contributed by atoms with Crippen LogP contribution in [0, 0.1) is 0 Å². The van der Waals surface area contributed by atoms with E-state index in [0.29, 0.717) is 18.7 Å². The van der Waals surface area contributed by atoms with Crippen LogP contribution in [-0.2, 0) is 13.0 Å². The minimum atomic E-state index is -0.234. The molecule has 0 saturated heterocycles. The Bertz CT molecular complexity index is 298. The molecule has 2 N–H and O–H groups in total. The molecule has 0 atom stereocenters. The van der Waals surface area contributed by atoms with Gasteiger partial charge in [0.15, 0.2) is 0 Å². The van der Waals surface area contributed by atoms with E-state index in [-0.39, 0.29) is 11.6 Å². The Kier molecular flexibility index (Phi) is 2.03. The van der Waals surface area contributed by atoms with Gasteiger partial charge >= 0.3 is 5.69 Å². The molecule has 0 radical (unpaired) electrons. The third-order valence-corrected chi connectivity index (χ3v) is 1.70. The van der Waals surface area contributed by atoms with Crippen molar-refractivity contribution in [3.63, 3.8) is 0 Å². The smallest absolute Gasteiger partial charge is 0.328 e. The zero-order valence-electron chi connectivity index (χ0n) is 6.72. The molecule has 1 heterocycles. The van der Waals surface area contributed by atoms with Gasteiger partial charge in [-0.1, -0.05) is 6.92 Å². The predicted octanol–water partition coefficient (Wildman–Crippen LogP) is 0.464. The Morgan fingerprint density at radius 2 is 2.18 bits per heavy atom. The van der Waals surface area contributed by atoms with E-state index in [2.05, 4.69) is 4.98 Å². The summed E-state index contributed by atoms with van der Waals surface area (Å²) < 4.78 is 1.30. The van der Waals surface area contributed by atoms with Crippen molar-refractivity contribution in [2.24, 2.45) is 0 Å². The minimum Gasteiger partial charge on any atom is -0.493 e. The van der Waals surface area contributed by atoms with E-state index in [1.54, 1.807) is 0 Å². The number of hydrogen-bond donors (Lipinski definition) is 2. The van der Waals surface area contributed by atoms with E-state index in [1.807, 2.05) is 13.8 Å². The molecule has 1 rings (SSSR count). The molecule has 0 aliphatic heterocycles. The maximum atomic E-state index is 11.0. The van der Waals surface area contributed by atoms with Crippen LogP contribution in [-0.4, -0.2) is 14.7 Å². The van der Waals surface area contributed by atoms with Crippen molar-refractivity contribution in [1.82, 2.24) is 9.55 Å². The van der Waals surface area contributed by atoms with Crippen LogP contribution in [0.25, 0.3) is 0 Å². The summed E-state index contributed by atoms with van der Waals surface area (Å²) in [5, 5.41) is 9.34. The summed E-state index contributed by atoms with van der Waals surface area (Å²) in [6.45, 7) is 4.20. The summed E-state index contributed by atoms with van der Waals surface area (Å²) in [6.07, 6.45) is 0.647. The van der Waals surface area contributed by atoms with Crippen LogP contribution in [0.2, 0.25) is 0 Å². The fraction of sp³-hybridized carbons (Fsp3) is 0.571. The lowest BCUT2D eigenvalue weighted by Crippen LogP contribution is -2.14. The highest BCUT2D eigenvalue weighted by molar-refractivity contribution is 5.17. The number of nitrogens with one attached hydrogen (secondary N) is 1. The molecule has 0 aromatic carbocycles. The fourth-order valence-electron chi connectivity index (χ4n) is 1.05. The fourth-order valence-corrected chi connectivity index (χ4v) is 1.05. The van der Waals surface area contributed by atoms with Crippen LogP contribution in [0.1, 0.15) is 19.5 Å². The molecule has 0 spiro atoms. The maximum absolute atomic E-state index is 11.0. The number of aromatic hydroxyl groups is 1. The summed E-state index contributed by atoms with van der Waals surface area (Å²) in [7, 11) is 0. The zero-order chi connectivity index (χ0) is 8.43. The lowest BCUT2D eigenvalue weighted by atomic mass is 10.3. The van der Waals surface area contributed by atoms with Crippen LogP contribution >= 0.6 is 0 Å². The lowest BCUT2D eigenvalue weighted by molar-refractivity contribution is 0.413. The Balaban J connectivity index is 3.25. The monoisotopic (exact) mass is 156 g/mol. The van der Waals surface area contributed by atoms with Gasteiger partial charge in [0.1, 0.15) is 0 Å². The van der Waals surface area contributed by atoms with Gasteiger partial charge in [0.05, 0.1) is 5.69 Å². The van der Waals surface area contributed by atoms with Gasteiger partial charge in [-0.25, -0.2) is 4.79 Å². The number of H-pyrrole nitrogens is 1. The van der Waals surface area contributed by atoms with Gasteiger partial charge in [0, 0.05) is 6.54 Å². The molecular weight excluding hydrogens is 144 g/mol. The molecule has 0 aliphatic carbocycles. The van der Waals surface area contributed by atoms with Crippen molar-refractivity contribution in [3.05, 3.63) is 16.2 Å². The molecule has 4 nitrogen and oxygen atoms in total. The predicted molar refractivity (Wildman–Crippen MR) is 41.8 cm³/mol. The molecule has 0 unspecified atom stereocenters. The van der Waals surface area contributed by atoms with E-state index in [4.69, 9.17) is 0 Å². The van der Waals surface area contributed by atoms with Gasteiger partial charge in [-0.3, -0.25) is 4.57 Å². The molecule has 0 amide bonds. The Hall–Kier alpha value is -1.19. The minimum absolute atomic E-state index is 0.0694. The summed E-state index contributed by atoms with van der Waals surface area (Å²) in [4.78, 5) is 13.6. The Morgan fingerprint density at radius 3 is 2.45 bits per heavy atom. The number of aromatic amines is 1. The number of nitrogens with zero attached hydrogens (tertiary/aromatic N) is 1. The SMILES string of the molecule is CCc1[nH]c(=O)n(CC)c1O. The van der Waals surface area contributed by atoms with E-state index in [0.717, 1.165) is 0 Å². The van der Waals surface area contributed by atoms with Crippen molar-refractivity contribution in [2.75, 3.05) is 0 Å². The maximum Gasteiger partial charge on any atom is 0.328 e. The number of aromatic nitrogens is 2. The van der Waals surface area contributed by atoms with Crippen LogP contribution in [0.5, 0.6) is 5.88 Å². The van der Waals surface area contributed by atoms with Gasteiger partial charge in [-0.05, 0) is 13.3 Å². The third-order valence-electron chi connectivity index (χ3n) is 1.70. The van der Waals surface area contributed by atoms with E-state index < -0.39 is 0 Å². The highest BCUT2D eigenvalue weighted by Gasteiger charge is 2.08. The number of aryl methyl sites for hydroxylation is 1. The first-order valence-corrected chi connectivity index (χ1v) is 3.71. The van der Waals surface area contributed by atoms with E-state index in [9.17, 15) is 9.90 Å². The van der Waals surface area contributed by atoms with Crippen molar-refractivity contribution in [1.29, 1.82) is 0 Å². The Morgan fingerprint density at radius 1 is 1.55 bits per heavy atom. The summed E-state index contributed by atoms with van der Waals surface area (Å²) >= 11 is 0. The van der Waals surface area contributed by atoms with Crippen molar-refractivity contribution >= 4 is 0 Å². The highest BCUT2D eigenvalue weighted by Crippen LogP contribution is 2.11. The number of hydrogen-bond acceptors (Lipinski definition) is 2. The molecule has 62 valence electrons. The van der Waals surface area contributed by atoms with Gasteiger partial charge in [0.25, 0.3) is 0 Å². The van der Waals surface area contributed by atoms with Crippen LogP contribution in [0.15, 0.2) is 4.79 Å². The average Bonchev–Trinajstić information content (AvgIpc) is 2.26. The quantitative estimate of drug-likeness (QED) is 0.653. The van der Waals surface area contributed by atoms with Gasteiger partial charge < -0.3 is 10.1 Å². The van der Waals surface area contributed by atoms with Gasteiger partial charge in [-0.15, -0.1) is 0 Å². The normalized spacial score (nSPS) is 10.4. The molecule has 1 aromatic rings. The Labute approximate surface area is 64.5 Å². The largest absolute Gasteiger partial charge is 0.493 e. The molecular formula is C7H12N2O2. The first-order chi connectivity index (χ1) is 5.20. The van der Waals surface area contributed by atoms with Crippen molar-refractivity contribution in [3.8, 4) is 5.88 Å². The molecule has 1 aromatic heterocycles. The molecule has 0 aliphatic rings. The molecule has 11 heavy (non-hydrogen) atoms. The first kappa shape index (κ1) is 7.91. The second kappa shape index (κ2) is 2.82.